The minimum absolute atomic E-state index is 0.00697. The second-order valence-corrected chi connectivity index (χ2v) is 20.7. The fourth-order valence-corrected chi connectivity index (χ4v) is 11.2. The number of nitrogens with zero attached hydrogens (tertiary/aromatic N) is 2. The van der Waals surface area contributed by atoms with Gasteiger partial charge in [0.05, 0.1) is 32.4 Å². The molecule has 3 aromatic rings. The van der Waals surface area contributed by atoms with Crippen LogP contribution >= 0.6 is 0 Å². The normalized spacial score (nSPS) is 31.2. The Kier molecular flexibility index (Phi) is 15.1. The van der Waals surface area contributed by atoms with Crippen molar-refractivity contribution in [1.82, 2.24) is 15.3 Å². The molecule has 0 unspecified atom stereocenters. The number of aliphatic hydroxyl groups is 5. The number of likely N-dealkylation sites (N-methyl/N-ethyl adjacent to an activating group) is 1. The van der Waals surface area contributed by atoms with E-state index in [1.165, 1.54) is 17.0 Å². The standard InChI is InChI=1S/C53H65N3O16/c1-51(2,3)69-39(59)21-20-35(28-57)54-47(63)36(23-30-13-6-5-7-14-30)55(4)50(65)53-26-37-43-44(71-52(70-43)24-32-16-9-10-17-33(32)25-52)46(53)72-56(45(53)48(64)67-37)27-34-18-11-8-15-31(34)19-12-22-66-49-42(62)41(61)40(60)38(29-58)68-49/h5-19,35-38,40-46,49,57-58,60-62H,20-29H2,1-4H3,(H,54,63)/t35-,36+,37+,38+,40-,41-,42+,43-,44-,45-,46+,49-,53-/m0/s1. The van der Waals surface area contributed by atoms with E-state index in [0.29, 0.717) is 24.0 Å². The van der Waals surface area contributed by atoms with Gasteiger partial charge in [0, 0.05) is 39.2 Å². The Bertz CT molecular complexity index is 2460. The van der Waals surface area contributed by atoms with E-state index in [0.717, 1.165) is 16.7 Å². The summed E-state index contributed by atoms with van der Waals surface area (Å²) in [5.41, 5.74) is 1.82. The Labute approximate surface area is 417 Å². The van der Waals surface area contributed by atoms with Crippen molar-refractivity contribution in [2.45, 2.75) is 150 Å². The number of benzene rings is 3. The predicted molar refractivity (Wildman–Crippen MR) is 253 cm³/mol. The smallest absolute Gasteiger partial charge is 0.327 e. The Balaban J connectivity index is 1.01. The summed E-state index contributed by atoms with van der Waals surface area (Å²) in [6, 6.07) is 21.1. The number of nitrogens with one attached hydrogen (secondary N) is 1. The molecule has 1 spiro atoms. The number of hydrogen-bond acceptors (Lipinski definition) is 17. The van der Waals surface area contributed by atoms with Gasteiger partial charge in [0.1, 0.15) is 65.9 Å². The molecule has 13 atom stereocenters. The van der Waals surface area contributed by atoms with Gasteiger partial charge in [-0.1, -0.05) is 91.0 Å². The zero-order valence-electron chi connectivity index (χ0n) is 40.8. The second kappa shape index (κ2) is 21.0. The monoisotopic (exact) mass is 999 g/mol. The molecule has 3 aromatic carbocycles. The minimum atomic E-state index is -1.66. The lowest BCUT2D eigenvalue weighted by Crippen LogP contribution is -2.70. The van der Waals surface area contributed by atoms with Crippen molar-refractivity contribution in [2.75, 3.05) is 26.9 Å². The number of hydrogen-bond donors (Lipinski definition) is 6. The third-order valence-corrected chi connectivity index (χ3v) is 14.6. The van der Waals surface area contributed by atoms with Gasteiger partial charge in [0.25, 0.3) is 0 Å². The summed E-state index contributed by atoms with van der Waals surface area (Å²) in [6.45, 7) is 4.04. The maximum absolute atomic E-state index is 16.0. The van der Waals surface area contributed by atoms with E-state index in [9.17, 15) is 39.9 Å². The van der Waals surface area contributed by atoms with Crippen LogP contribution in [-0.4, -0.2) is 171 Å². The largest absolute Gasteiger partial charge is 0.460 e. The Hall–Kier alpha value is -5.16. The first-order valence-electron chi connectivity index (χ1n) is 24.6. The van der Waals surface area contributed by atoms with Crippen LogP contribution in [0.2, 0.25) is 0 Å². The molecule has 2 amide bonds. The number of carbonyl (C=O) groups is 4. The number of carbonyl (C=O) groups excluding carboxylic acids is 4. The van der Waals surface area contributed by atoms with Crippen LogP contribution in [0.15, 0.2) is 84.9 Å². The molecule has 0 aromatic heterocycles. The van der Waals surface area contributed by atoms with Gasteiger partial charge in [-0.05, 0) is 55.0 Å². The molecular formula is C53H65N3O16. The van der Waals surface area contributed by atoms with Gasteiger partial charge < -0.3 is 64.2 Å². The summed E-state index contributed by atoms with van der Waals surface area (Å²) < 4.78 is 36.7. The van der Waals surface area contributed by atoms with Gasteiger partial charge in [-0.3, -0.25) is 24.0 Å². The van der Waals surface area contributed by atoms with Crippen LogP contribution in [0.4, 0.5) is 0 Å². The summed E-state index contributed by atoms with van der Waals surface area (Å²) in [7, 11) is 1.52. The van der Waals surface area contributed by atoms with Crippen molar-refractivity contribution in [3.63, 3.8) is 0 Å². The quantitative estimate of drug-likeness (QED) is 0.104. The summed E-state index contributed by atoms with van der Waals surface area (Å²) in [5.74, 6) is -3.45. The predicted octanol–water partition coefficient (Wildman–Crippen LogP) is 1.26. The summed E-state index contributed by atoms with van der Waals surface area (Å²) in [6.07, 6.45) is -6.56. The number of esters is 2. The van der Waals surface area contributed by atoms with Crippen LogP contribution in [-0.2, 0) is 78.2 Å². The van der Waals surface area contributed by atoms with E-state index in [2.05, 4.69) is 5.32 Å². The number of ether oxygens (including phenoxy) is 6. The maximum atomic E-state index is 16.0. The molecule has 19 nitrogen and oxygen atoms in total. The molecule has 2 bridgehead atoms. The van der Waals surface area contributed by atoms with Gasteiger partial charge in [-0.2, -0.15) is 5.06 Å². The first-order chi connectivity index (χ1) is 34.4. The van der Waals surface area contributed by atoms with E-state index in [1.807, 2.05) is 78.9 Å². The molecule has 2 aliphatic carbocycles. The molecule has 19 heteroatoms. The summed E-state index contributed by atoms with van der Waals surface area (Å²) in [4.78, 5) is 66.3. The third-order valence-electron chi connectivity index (χ3n) is 14.6. The van der Waals surface area contributed by atoms with Crippen molar-refractivity contribution in [3.05, 3.63) is 113 Å². The summed E-state index contributed by atoms with van der Waals surface area (Å²) >= 11 is 0. The lowest BCUT2D eigenvalue weighted by atomic mass is 9.62. The molecule has 5 fully saturated rings. The number of amides is 2. The Morgan fingerprint density at radius 2 is 1.60 bits per heavy atom. The zero-order valence-corrected chi connectivity index (χ0v) is 40.8. The zero-order chi connectivity index (χ0) is 51.1. The van der Waals surface area contributed by atoms with E-state index < -0.39 is 127 Å². The molecule has 9 rings (SSSR count). The first-order valence-corrected chi connectivity index (χ1v) is 24.6. The van der Waals surface area contributed by atoms with Gasteiger partial charge in [-0.15, -0.1) is 0 Å². The Morgan fingerprint density at radius 3 is 2.29 bits per heavy atom. The number of rotatable bonds is 17. The number of fused-ring (bicyclic) bond motifs is 5. The molecule has 4 heterocycles. The van der Waals surface area contributed by atoms with Gasteiger partial charge in [0.15, 0.2) is 18.1 Å². The van der Waals surface area contributed by atoms with Crippen molar-refractivity contribution < 1.29 is 78.0 Å². The average molecular weight is 1000 g/mol. The van der Waals surface area contributed by atoms with Crippen LogP contribution in [0, 0.1) is 5.41 Å². The van der Waals surface area contributed by atoms with Gasteiger partial charge >= 0.3 is 11.9 Å². The number of hydroxylamine groups is 2. The lowest BCUT2D eigenvalue weighted by Gasteiger charge is -2.50. The minimum Gasteiger partial charge on any atom is -0.460 e. The second-order valence-electron chi connectivity index (χ2n) is 20.7. The Morgan fingerprint density at radius 1 is 0.917 bits per heavy atom. The van der Waals surface area contributed by atoms with Crippen molar-refractivity contribution in [2.24, 2.45) is 5.41 Å². The van der Waals surface area contributed by atoms with Crippen molar-refractivity contribution in [1.29, 1.82) is 0 Å². The SMILES string of the molecule is CN(C(=O)[C@@]12C[C@H]3OC(=O)[C@@H]1N(Cc1ccccc1C=CCO[C@H]1O[C@H](CO)[C@H](O)[C@H](O)[C@H]1O)O[C@@H]2[C@H]1OC2(Cc4ccccc4C2)O[C@H]13)[C@H](Cc1ccccc1)C(=O)N[C@H](CO)CCC(=O)OC(C)(C)C. The molecule has 4 saturated heterocycles. The fourth-order valence-electron chi connectivity index (χ4n) is 11.2. The fraction of sp³-hybridized carbons (Fsp3) is 0.547. The highest BCUT2D eigenvalue weighted by Crippen LogP contribution is 2.59. The van der Waals surface area contributed by atoms with Crippen LogP contribution in [0.1, 0.15) is 67.9 Å². The van der Waals surface area contributed by atoms with E-state index >= 15 is 4.79 Å². The van der Waals surface area contributed by atoms with Crippen molar-refractivity contribution >= 4 is 29.8 Å². The van der Waals surface area contributed by atoms with Crippen LogP contribution in [0.25, 0.3) is 6.08 Å². The van der Waals surface area contributed by atoms with E-state index in [-0.39, 0.29) is 38.8 Å². The van der Waals surface area contributed by atoms with Crippen LogP contribution in [0.5, 0.6) is 0 Å². The molecule has 1 saturated carbocycles. The summed E-state index contributed by atoms with van der Waals surface area (Å²) in [5, 5.41) is 55.3. The number of aliphatic hydroxyl groups excluding tert-OH is 5. The topological polar surface area (TPSA) is 253 Å². The van der Waals surface area contributed by atoms with Crippen molar-refractivity contribution in [3.8, 4) is 0 Å². The highest BCUT2D eigenvalue weighted by molar-refractivity contribution is 5.96. The molecule has 388 valence electrons. The van der Waals surface area contributed by atoms with Gasteiger partial charge in [0.2, 0.25) is 11.8 Å². The van der Waals surface area contributed by atoms with Crippen LogP contribution in [0.3, 0.4) is 0 Å². The first kappa shape index (κ1) is 51.7. The molecule has 4 aliphatic heterocycles. The molecular weight excluding hydrogens is 935 g/mol. The highest BCUT2D eigenvalue weighted by Gasteiger charge is 2.77. The van der Waals surface area contributed by atoms with Gasteiger partial charge in [-0.25, -0.2) is 0 Å². The third kappa shape index (κ3) is 10.2. The highest BCUT2D eigenvalue weighted by atomic mass is 16.8. The molecule has 6 N–H and O–H groups in total. The lowest BCUT2D eigenvalue weighted by molar-refractivity contribution is -0.298. The molecule has 0 radical (unpaired) electrons. The van der Waals surface area contributed by atoms with E-state index in [4.69, 9.17) is 33.3 Å². The molecule has 6 aliphatic rings. The average Bonchev–Trinajstić information content (AvgIpc) is 4.04. The van der Waals surface area contributed by atoms with E-state index in [1.54, 1.807) is 32.9 Å². The van der Waals surface area contributed by atoms with Crippen LogP contribution < -0.4 is 5.32 Å². The maximum Gasteiger partial charge on any atom is 0.327 e. The molecule has 72 heavy (non-hydrogen) atoms.